The zero-order valence-electron chi connectivity index (χ0n) is 12.0. The van der Waals surface area contributed by atoms with Crippen molar-refractivity contribution in [2.45, 2.75) is 32.2 Å². The molecule has 1 aromatic rings. The van der Waals surface area contributed by atoms with Gasteiger partial charge < -0.3 is 5.32 Å². The van der Waals surface area contributed by atoms with Gasteiger partial charge in [0, 0.05) is 18.7 Å². The summed E-state index contributed by atoms with van der Waals surface area (Å²) in [6, 6.07) is 5.33. The van der Waals surface area contributed by atoms with Crippen LogP contribution in [0.5, 0.6) is 0 Å². The van der Waals surface area contributed by atoms with Crippen molar-refractivity contribution in [3.8, 4) is 0 Å². The number of nitrogens with one attached hydrogen (secondary N) is 1. The van der Waals surface area contributed by atoms with E-state index in [1.807, 2.05) is 6.92 Å². The van der Waals surface area contributed by atoms with Crippen molar-refractivity contribution >= 4 is 17.6 Å². The number of non-ortho nitro benzene ring substituents is 1. The number of unbranched alkanes of at least 4 members (excludes halogenated alkanes) is 1. The molecule has 1 aromatic carbocycles. The third kappa shape index (κ3) is 2.58. The van der Waals surface area contributed by atoms with Crippen LogP contribution < -0.4 is 5.32 Å². The number of carbonyl (C=O) groups excluding carboxylic acids is 2. The number of nitro benzene ring substituents is 1. The van der Waals surface area contributed by atoms with Gasteiger partial charge in [0.15, 0.2) is 0 Å². The first-order chi connectivity index (χ1) is 9.90. The predicted octanol–water partition coefficient (Wildman–Crippen LogP) is 2.16. The molecule has 1 unspecified atom stereocenters. The summed E-state index contributed by atoms with van der Waals surface area (Å²) in [6.07, 6.45) is 1.59. The molecule has 0 saturated carbocycles. The van der Waals surface area contributed by atoms with Crippen molar-refractivity contribution in [3.05, 3.63) is 39.9 Å². The molecule has 7 heteroatoms. The second-order valence-corrected chi connectivity index (χ2v) is 5.17. The molecule has 1 aliphatic rings. The lowest BCUT2D eigenvalue weighted by atomic mass is 9.91. The Hall–Kier alpha value is -2.44. The summed E-state index contributed by atoms with van der Waals surface area (Å²) in [6.45, 7) is 3.89. The molecular formula is C14H17N3O4. The number of benzene rings is 1. The van der Waals surface area contributed by atoms with E-state index in [0.29, 0.717) is 12.1 Å². The zero-order chi connectivity index (χ0) is 15.6. The molecule has 2 rings (SSSR count). The highest BCUT2D eigenvalue weighted by Gasteiger charge is 2.48. The zero-order valence-corrected chi connectivity index (χ0v) is 12.0. The Morgan fingerprint density at radius 3 is 2.71 bits per heavy atom. The molecule has 1 heterocycles. The minimum Gasteiger partial charge on any atom is -0.319 e. The maximum atomic E-state index is 12.5. The molecule has 112 valence electrons. The van der Waals surface area contributed by atoms with Gasteiger partial charge in [-0.2, -0.15) is 0 Å². The number of amides is 3. The summed E-state index contributed by atoms with van der Waals surface area (Å²) in [7, 11) is 0. The summed E-state index contributed by atoms with van der Waals surface area (Å²) in [4.78, 5) is 35.9. The summed E-state index contributed by atoms with van der Waals surface area (Å²) < 4.78 is 0. The minimum absolute atomic E-state index is 0.109. The van der Waals surface area contributed by atoms with Crippen LogP contribution in [-0.4, -0.2) is 28.3 Å². The first-order valence-electron chi connectivity index (χ1n) is 6.79. The van der Waals surface area contributed by atoms with Crippen molar-refractivity contribution in [2.75, 3.05) is 6.54 Å². The number of nitro groups is 1. The second kappa shape index (κ2) is 5.51. The lowest BCUT2D eigenvalue weighted by molar-refractivity contribution is -0.385. The van der Waals surface area contributed by atoms with Gasteiger partial charge in [0.25, 0.3) is 11.6 Å². The molecule has 21 heavy (non-hydrogen) atoms. The Morgan fingerprint density at radius 1 is 1.38 bits per heavy atom. The Balaban J connectivity index is 2.34. The minimum atomic E-state index is -1.25. The number of hydrogen-bond acceptors (Lipinski definition) is 4. The number of nitrogens with zero attached hydrogens (tertiary/aromatic N) is 2. The van der Waals surface area contributed by atoms with Gasteiger partial charge in [0.2, 0.25) is 0 Å². The molecule has 1 atom stereocenters. The third-order valence-corrected chi connectivity index (χ3v) is 3.64. The molecular weight excluding hydrogens is 274 g/mol. The van der Waals surface area contributed by atoms with Crippen molar-refractivity contribution in [2.24, 2.45) is 0 Å². The molecule has 1 N–H and O–H groups in total. The molecule has 1 fully saturated rings. The van der Waals surface area contributed by atoms with Crippen LogP contribution in [0.25, 0.3) is 0 Å². The van der Waals surface area contributed by atoms with Crippen molar-refractivity contribution in [3.63, 3.8) is 0 Å². The highest BCUT2D eigenvalue weighted by molar-refractivity contribution is 6.07. The van der Waals surface area contributed by atoms with Crippen LogP contribution >= 0.6 is 0 Å². The van der Waals surface area contributed by atoms with Gasteiger partial charge in [0.1, 0.15) is 5.54 Å². The maximum absolute atomic E-state index is 12.5. The highest BCUT2D eigenvalue weighted by atomic mass is 16.6. The fraction of sp³-hybridized carbons (Fsp3) is 0.429. The van der Waals surface area contributed by atoms with Crippen LogP contribution in [0.4, 0.5) is 10.5 Å². The Morgan fingerprint density at radius 2 is 2.10 bits per heavy atom. The number of urea groups is 1. The van der Waals surface area contributed by atoms with Crippen molar-refractivity contribution < 1.29 is 14.5 Å². The van der Waals surface area contributed by atoms with E-state index in [1.54, 1.807) is 13.0 Å². The summed E-state index contributed by atoms with van der Waals surface area (Å²) >= 11 is 0. The first kappa shape index (κ1) is 15.0. The van der Waals surface area contributed by atoms with Crippen LogP contribution in [0, 0.1) is 10.1 Å². The molecule has 0 spiro atoms. The number of rotatable bonds is 5. The summed E-state index contributed by atoms with van der Waals surface area (Å²) in [5.41, 5.74) is -0.951. The van der Waals surface area contributed by atoms with Gasteiger partial charge in [-0.1, -0.05) is 25.5 Å². The van der Waals surface area contributed by atoms with Crippen molar-refractivity contribution in [1.29, 1.82) is 0 Å². The largest absolute Gasteiger partial charge is 0.325 e. The van der Waals surface area contributed by atoms with E-state index in [2.05, 4.69) is 5.32 Å². The van der Waals surface area contributed by atoms with E-state index < -0.39 is 16.5 Å². The molecule has 0 radical (unpaired) electrons. The standard InChI is InChI=1S/C14H17N3O4/c1-3-4-8-16-12(18)14(2,15-13(16)19)10-6-5-7-11(9-10)17(20)21/h5-7,9H,3-4,8H2,1-2H3,(H,15,19). The molecule has 0 aliphatic carbocycles. The predicted molar refractivity (Wildman–Crippen MR) is 75.6 cm³/mol. The average molecular weight is 291 g/mol. The van der Waals surface area contributed by atoms with Gasteiger partial charge in [-0.3, -0.25) is 19.8 Å². The smallest absolute Gasteiger partial charge is 0.319 e. The van der Waals surface area contributed by atoms with Gasteiger partial charge in [-0.15, -0.1) is 0 Å². The fourth-order valence-corrected chi connectivity index (χ4v) is 2.34. The van der Waals surface area contributed by atoms with Crippen molar-refractivity contribution in [1.82, 2.24) is 10.2 Å². The topological polar surface area (TPSA) is 92.6 Å². The Bertz CT molecular complexity index is 602. The number of imide groups is 1. The van der Waals surface area contributed by atoms with Gasteiger partial charge >= 0.3 is 6.03 Å². The SMILES string of the molecule is CCCCN1C(=O)NC(C)(c2cccc([N+](=O)[O-])c2)C1=O. The monoisotopic (exact) mass is 291 g/mol. The highest BCUT2D eigenvalue weighted by Crippen LogP contribution is 2.30. The lowest BCUT2D eigenvalue weighted by Gasteiger charge is -2.22. The van der Waals surface area contributed by atoms with Crippen LogP contribution in [0.3, 0.4) is 0 Å². The normalized spacial score (nSPS) is 21.5. The van der Waals surface area contributed by atoms with Gasteiger partial charge in [-0.05, 0) is 18.9 Å². The van der Waals surface area contributed by atoms with Gasteiger partial charge in [-0.25, -0.2) is 4.79 Å². The molecule has 7 nitrogen and oxygen atoms in total. The third-order valence-electron chi connectivity index (χ3n) is 3.64. The molecule has 1 aliphatic heterocycles. The summed E-state index contributed by atoms with van der Waals surface area (Å²) in [5.74, 6) is -0.374. The fourth-order valence-electron chi connectivity index (χ4n) is 2.34. The maximum Gasteiger partial charge on any atom is 0.325 e. The van der Waals surface area contributed by atoms with Crippen LogP contribution in [0.1, 0.15) is 32.3 Å². The number of carbonyl (C=O) groups is 2. The number of hydrogen-bond donors (Lipinski definition) is 1. The first-order valence-corrected chi connectivity index (χ1v) is 6.79. The van der Waals surface area contributed by atoms with Crippen LogP contribution in [0.15, 0.2) is 24.3 Å². The van der Waals surface area contributed by atoms with E-state index >= 15 is 0 Å². The van der Waals surface area contributed by atoms with E-state index in [9.17, 15) is 19.7 Å². The average Bonchev–Trinajstić information content (AvgIpc) is 2.68. The Kier molecular flexibility index (Phi) is 3.93. The van der Waals surface area contributed by atoms with Gasteiger partial charge in [0.05, 0.1) is 4.92 Å². The van der Waals surface area contributed by atoms with Crippen LogP contribution in [0.2, 0.25) is 0 Å². The van der Waals surface area contributed by atoms with E-state index in [4.69, 9.17) is 0 Å². The van der Waals surface area contributed by atoms with E-state index in [1.165, 1.54) is 23.1 Å². The van der Waals surface area contributed by atoms with E-state index in [0.717, 1.165) is 12.8 Å². The quantitative estimate of drug-likeness (QED) is 0.511. The van der Waals surface area contributed by atoms with Crippen LogP contribution in [-0.2, 0) is 10.3 Å². The second-order valence-electron chi connectivity index (χ2n) is 5.17. The molecule has 0 aromatic heterocycles. The molecule has 0 bridgehead atoms. The lowest BCUT2D eigenvalue weighted by Crippen LogP contribution is -2.41. The summed E-state index contributed by atoms with van der Waals surface area (Å²) in [5, 5.41) is 13.5. The molecule has 1 saturated heterocycles. The Labute approximate surface area is 122 Å². The molecule has 3 amide bonds. The van der Waals surface area contributed by atoms with E-state index in [-0.39, 0.29) is 11.6 Å².